The number of fused-ring (bicyclic) bond motifs is 1. The van der Waals surface area contributed by atoms with Crippen LogP contribution in [0.5, 0.6) is 0 Å². The Morgan fingerprint density at radius 1 is 0.920 bits per heavy atom. The minimum absolute atomic E-state index is 0.104. The molecular weight excluding hydrogens is 312 g/mol. The molecule has 0 bridgehead atoms. The van der Waals surface area contributed by atoms with E-state index < -0.39 is 0 Å². The first-order valence-corrected chi connectivity index (χ1v) is 8.42. The van der Waals surface area contributed by atoms with Crippen molar-refractivity contribution in [2.45, 2.75) is 12.8 Å². The molecule has 0 saturated carbocycles. The van der Waals surface area contributed by atoms with Crippen molar-refractivity contribution >= 4 is 34.0 Å². The third-order valence-electron chi connectivity index (χ3n) is 4.53. The lowest BCUT2D eigenvalue weighted by molar-refractivity contribution is -0.117. The van der Waals surface area contributed by atoms with Gasteiger partial charge in [-0.2, -0.15) is 0 Å². The molecule has 0 aromatic heterocycles. The van der Waals surface area contributed by atoms with Crippen molar-refractivity contribution in [1.82, 2.24) is 0 Å². The van der Waals surface area contributed by atoms with Crippen LogP contribution in [0.15, 0.2) is 66.7 Å². The maximum absolute atomic E-state index is 12.7. The smallest absolute Gasteiger partial charge is 0.255 e. The van der Waals surface area contributed by atoms with Crippen molar-refractivity contribution < 1.29 is 9.59 Å². The number of carbonyl (C=O) groups is 2. The van der Waals surface area contributed by atoms with E-state index >= 15 is 0 Å². The Hall–Kier alpha value is -3.14. The maximum Gasteiger partial charge on any atom is 0.255 e. The first-order valence-electron chi connectivity index (χ1n) is 8.42. The number of benzene rings is 3. The van der Waals surface area contributed by atoms with Crippen LogP contribution in [0.25, 0.3) is 10.8 Å². The van der Waals surface area contributed by atoms with E-state index in [1.807, 2.05) is 66.7 Å². The fourth-order valence-corrected chi connectivity index (χ4v) is 3.24. The van der Waals surface area contributed by atoms with Crippen LogP contribution >= 0.6 is 0 Å². The minimum Gasteiger partial charge on any atom is -0.320 e. The number of para-hydroxylation sites is 2. The van der Waals surface area contributed by atoms with E-state index in [1.54, 1.807) is 4.90 Å². The molecule has 4 nitrogen and oxygen atoms in total. The molecule has 0 atom stereocenters. The Bertz CT molecular complexity index is 965. The molecule has 1 heterocycles. The van der Waals surface area contributed by atoms with Crippen LogP contribution in [-0.2, 0) is 4.79 Å². The van der Waals surface area contributed by atoms with Crippen molar-refractivity contribution in [3.05, 3.63) is 72.3 Å². The molecule has 3 aromatic rings. The molecule has 1 aliphatic heterocycles. The predicted octanol–water partition coefficient (Wildman–Crippen LogP) is 4.22. The molecule has 124 valence electrons. The lowest BCUT2D eigenvalue weighted by Crippen LogP contribution is -2.25. The van der Waals surface area contributed by atoms with Crippen LogP contribution < -0.4 is 10.2 Å². The summed E-state index contributed by atoms with van der Waals surface area (Å²) < 4.78 is 0. The fourth-order valence-electron chi connectivity index (χ4n) is 3.24. The highest BCUT2D eigenvalue weighted by Crippen LogP contribution is 2.29. The molecule has 2 amide bonds. The molecular formula is C21H18N2O2. The van der Waals surface area contributed by atoms with Gasteiger partial charge in [-0.15, -0.1) is 0 Å². The second-order valence-corrected chi connectivity index (χ2v) is 6.18. The van der Waals surface area contributed by atoms with Gasteiger partial charge in [-0.05, 0) is 41.5 Å². The summed E-state index contributed by atoms with van der Waals surface area (Å²) >= 11 is 0. The van der Waals surface area contributed by atoms with Crippen LogP contribution in [0.1, 0.15) is 23.2 Å². The van der Waals surface area contributed by atoms with E-state index in [1.165, 1.54) is 0 Å². The molecule has 0 unspecified atom stereocenters. The van der Waals surface area contributed by atoms with Crippen LogP contribution in [0.2, 0.25) is 0 Å². The highest BCUT2D eigenvalue weighted by atomic mass is 16.2. The Kier molecular flexibility index (Phi) is 3.94. The van der Waals surface area contributed by atoms with Crippen LogP contribution in [0.4, 0.5) is 11.4 Å². The molecule has 1 N–H and O–H groups in total. The Morgan fingerprint density at radius 2 is 1.68 bits per heavy atom. The van der Waals surface area contributed by atoms with E-state index in [4.69, 9.17) is 0 Å². The topological polar surface area (TPSA) is 49.4 Å². The number of rotatable bonds is 3. The standard InChI is InChI=1S/C21H18N2O2/c24-20-10-5-13-23(20)19-9-4-3-8-18(19)22-21(25)17-12-11-15-6-1-2-7-16(15)14-17/h1-4,6-9,11-12,14H,5,10,13H2,(H,22,25). The Labute approximate surface area is 146 Å². The lowest BCUT2D eigenvalue weighted by Gasteiger charge is -2.20. The first-order chi connectivity index (χ1) is 12.2. The number of amides is 2. The number of nitrogens with zero attached hydrogens (tertiary/aromatic N) is 1. The molecule has 1 aliphatic rings. The zero-order valence-electron chi connectivity index (χ0n) is 13.7. The van der Waals surface area contributed by atoms with Gasteiger partial charge in [0.15, 0.2) is 0 Å². The quantitative estimate of drug-likeness (QED) is 0.782. The van der Waals surface area contributed by atoms with Gasteiger partial charge in [-0.3, -0.25) is 9.59 Å². The average molecular weight is 330 g/mol. The first kappa shape index (κ1) is 15.4. The van der Waals surface area contributed by atoms with Gasteiger partial charge in [0.05, 0.1) is 11.4 Å². The van der Waals surface area contributed by atoms with Gasteiger partial charge in [0.25, 0.3) is 5.91 Å². The van der Waals surface area contributed by atoms with Gasteiger partial charge in [0.1, 0.15) is 0 Å². The van der Waals surface area contributed by atoms with Crippen LogP contribution in [0.3, 0.4) is 0 Å². The second kappa shape index (κ2) is 6.40. The maximum atomic E-state index is 12.7. The Balaban J connectivity index is 1.63. The fraction of sp³-hybridized carbons (Fsp3) is 0.143. The normalized spacial score (nSPS) is 14.1. The van der Waals surface area contributed by atoms with Crippen molar-refractivity contribution in [2.24, 2.45) is 0 Å². The van der Waals surface area contributed by atoms with E-state index in [-0.39, 0.29) is 11.8 Å². The van der Waals surface area contributed by atoms with Gasteiger partial charge < -0.3 is 10.2 Å². The third-order valence-corrected chi connectivity index (χ3v) is 4.53. The summed E-state index contributed by atoms with van der Waals surface area (Å²) in [4.78, 5) is 26.5. The number of anilines is 2. The van der Waals surface area contributed by atoms with Gasteiger partial charge in [0.2, 0.25) is 5.91 Å². The summed E-state index contributed by atoms with van der Waals surface area (Å²) in [5.41, 5.74) is 2.02. The molecule has 1 fully saturated rings. The van der Waals surface area contributed by atoms with E-state index in [0.717, 1.165) is 22.9 Å². The zero-order valence-corrected chi connectivity index (χ0v) is 13.7. The molecule has 0 aliphatic carbocycles. The zero-order chi connectivity index (χ0) is 17.2. The predicted molar refractivity (Wildman–Crippen MR) is 99.9 cm³/mol. The van der Waals surface area contributed by atoms with Crippen molar-refractivity contribution in [3.8, 4) is 0 Å². The third kappa shape index (κ3) is 2.98. The summed E-state index contributed by atoms with van der Waals surface area (Å²) in [5, 5.41) is 5.08. The number of hydrogen-bond acceptors (Lipinski definition) is 2. The SMILES string of the molecule is O=C(Nc1ccccc1N1CCCC1=O)c1ccc2ccccc2c1. The summed E-state index contributed by atoms with van der Waals surface area (Å²) in [7, 11) is 0. The molecule has 0 radical (unpaired) electrons. The molecule has 1 saturated heterocycles. The van der Waals surface area contributed by atoms with Crippen molar-refractivity contribution in [3.63, 3.8) is 0 Å². The molecule has 25 heavy (non-hydrogen) atoms. The monoisotopic (exact) mass is 330 g/mol. The molecule has 4 heteroatoms. The molecule has 4 rings (SSSR count). The molecule has 0 spiro atoms. The largest absolute Gasteiger partial charge is 0.320 e. The van der Waals surface area contributed by atoms with E-state index in [0.29, 0.717) is 24.2 Å². The number of nitrogens with one attached hydrogen (secondary N) is 1. The van der Waals surface area contributed by atoms with Crippen molar-refractivity contribution in [2.75, 3.05) is 16.8 Å². The second-order valence-electron chi connectivity index (χ2n) is 6.18. The summed E-state index contributed by atoms with van der Waals surface area (Å²) in [5.74, 6) is -0.0720. The van der Waals surface area contributed by atoms with Crippen LogP contribution in [-0.4, -0.2) is 18.4 Å². The minimum atomic E-state index is -0.176. The van der Waals surface area contributed by atoms with Gasteiger partial charge in [-0.25, -0.2) is 0 Å². The van der Waals surface area contributed by atoms with Gasteiger partial charge >= 0.3 is 0 Å². The van der Waals surface area contributed by atoms with E-state index in [2.05, 4.69) is 5.32 Å². The van der Waals surface area contributed by atoms with E-state index in [9.17, 15) is 9.59 Å². The van der Waals surface area contributed by atoms with Gasteiger partial charge in [0, 0.05) is 18.5 Å². The summed E-state index contributed by atoms with van der Waals surface area (Å²) in [6.45, 7) is 0.696. The highest BCUT2D eigenvalue weighted by Gasteiger charge is 2.24. The summed E-state index contributed by atoms with van der Waals surface area (Å²) in [6.07, 6.45) is 1.42. The van der Waals surface area contributed by atoms with Gasteiger partial charge in [-0.1, -0.05) is 42.5 Å². The van der Waals surface area contributed by atoms with Crippen molar-refractivity contribution in [1.29, 1.82) is 0 Å². The number of hydrogen-bond donors (Lipinski definition) is 1. The average Bonchev–Trinajstić information content (AvgIpc) is 3.07. The van der Waals surface area contributed by atoms with Crippen LogP contribution in [0, 0.1) is 0 Å². The highest BCUT2D eigenvalue weighted by molar-refractivity contribution is 6.09. The Morgan fingerprint density at radius 3 is 2.48 bits per heavy atom. The molecule has 3 aromatic carbocycles. The number of carbonyl (C=O) groups excluding carboxylic acids is 2. The lowest BCUT2D eigenvalue weighted by atomic mass is 10.1. The summed E-state index contributed by atoms with van der Waals surface area (Å²) in [6, 6.07) is 21.0.